The molecule has 0 atom stereocenters. The van der Waals surface area contributed by atoms with E-state index in [0.29, 0.717) is 30.0 Å². The summed E-state index contributed by atoms with van der Waals surface area (Å²) in [6.07, 6.45) is 3.04. The van der Waals surface area contributed by atoms with Crippen molar-refractivity contribution in [1.29, 1.82) is 0 Å². The zero-order valence-electron chi connectivity index (χ0n) is 16.0. The second-order valence-corrected chi connectivity index (χ2v) is 6.74. The summed E-state index contributed by atoms with van der Waals surface area (Å²) in [5, 5.41) is 11.3. The van der Waals surface area contributed by atoms with E-state index < -0.39 is 4.92 Å². The highest BCUT2D eigenvalue weighted by atomic mass is 16.6. The molecule has 7 heteroatoms. The maximum absolute atomic E-state index is 12.4. The van der Waals surface area contributed by atoms with E-state index in [1.54, 1.807) is 49.3 Å². The predicted molar refractivity (Wildman–Crippen MR) is 110 cm³/mol. The molecule has 0 N–H and O–H groups in total. The maximum Gasteiger partial charge on any atom is 0.293 e. The molecule has 0 spiro atoms. The van der Waals surface area contributed by atoms with E-state index in [2.05, 4.69) is 4.90 Å². The van der Waals surface area contributed by atoms with Crippen molar-refractivity contribution in [3.63, 3.8) is 0 Å². The van der Waals surface area contributed by atoms with E-state index in [9.17, 15) is 14.9 Å². The monoisotopic (exact) mass is 381 g/mol. The fourth-order valence-electron chi connectivity index (χ4n) is 3.09. The van der Waals surface area contributed by atoms with Gasteiger partial charge in [0.05, 0.1) is 18.1 Å². The van der Waals surface area contributed by atoms with Gasteiger partial charge in [-0.3, -0.25) is 14.9 Å². The van der Waals surface area contributed by atoms with Gasteiger partial charge in [0.15, 0.2) is 5.78 Å². The van der Waals surface area contributed by atoms with Gasteiger partial charge in [0, 0.05) is 44.5 Å². The van der Waals surface area contributed by atoms with Gasteiger partial charge in [0.2, 0.25) is 0 Å². The van der Waals surface area contributed by atoms with E-state index in [0.717, 1.165) is 18.8 Å². The van der Waals surface area contributed by atoms with E-state index in [4.69, 9.17) is 4.74 Å². The number of benzene rings is 2. The lowest BCUT2D eigenvalue weighted by molar-refractivity contribution is -0.384. The Morgan fingerprint density at radius 2 is 1.82 bits per heavy atom. The minimum Gasteiger partial charge on any atom is -0.378 e. The number of ether oxygens (including phenoxy) is 1. The van der Waals surface area contributed by atoms with Gasteiger partial charge in [-0.2, -0.15) is 0 Å². The van der Waals surface area contributed by atoms with Crippen molar-refractivity contribution in [3.05, 3.63) is 69.8 Å². The lowest BCUT2D eigenvalue weighted by atomic mass is 10.1. The summed E-state index contributed by atoms with van der Waals surface area (Å²) < 4.78 is 5.35. The first-order valence-corrected chi connectivity index (χ1v) is 9.06. The van der Waals surface area contributed by atoms with Crippen molar-refractivity contribution in [1.82, 2.24) is 0 Å². The number of hydrogen-bond donors (Lipinski definition) is 0. The average Bonchev–Trinajstić information content (AvgIpc) is 2.72. The van der Waals surface area contributed by atoms with Crippen LogP contribution in [0.15, 0.2) is 48.5 Å². The van der Waals surface area contributed by atoms with Gasteiger partial charge < -0.3 is 14.5 Å². The molecule has 1 fully saturated rings. The largest absolute Gasteiger partial charge is 0.378 e. The molecule has 1 saturated heterocycles. The lowest BCUT2D eigenvalue weighted by Crippen LogP contribution is -2.36. The first-order valence-electron chi connectivity index (χ1n) is 9.06. The first-order chi connectivity index (χ1) is 13.5. The summed E-state index contributed by atoms with van der Waals surface area (Å²) in [7, 11) is 3.50. The Bertz CT molecular complexity index is 885. The highest BCUT2D eigenvalue weighted by Gasteiger charge is 2.15. The van der Waals surface area contributed by atoms with Gasteiger partial charge >= 0.3 is 0 Å². The fraction of sp³-hybridized carbons (Fsp3) is 0.286. The molecule has 146 valence electrons. The number of allylic oxidation sites excluding steroid dienone is 1. The van der Waals surface area contributed by atoms with Gasteiger partial charge in [-0.15, -0.1) is 0 Å². The number of hydrogen-bond acceptors (Lipinski definition) is 6. The molecule has 0 aromatic heterocycles. The van der Waals surface area contributed by atoms with Crippen molar-refractivity contribution in [2.75, 3.05) is 50.2 Å². The van der Waals surface area contributed by atoms with Crippen LogP contribution in [-0.2, 0) is 4.74 Å². The molecule has 1 heterocycles. The van der Waals surface area contributed by atoms with Crippen LogP contribution < -0.4 is 9.80 Å². The lowest BCUT2D eigenvalue weighted by Gasteiger charge is -2.28. The van der Waals surface area contributed by atoms with Crippen LogP contribution in [0.4, 0.5) is 17.1 Å². The van der Waals surface area contributed by atoms with Crippen molar-refractivity contribution in [3.8, 4) is 0 Å². The van der Waals surface area contributed by atoms with E-state index in [-0.39, 0.29) is 11.5 Å². The molecule has 0 saturated carbocycles. The Hall–Kier alpha value is -3.19. The fourth-order valence-corrected chi connectivity index (χ4v) is 3.09. The Balaban J connectivity index is 1.72. The van der Waals surface area contributed by atoms with Crippen LogP contribution in [0.3, 0.4) is 0 Å². The van der Waals surface area contributed by atoms with Crippen LogP contribution >= 0.6 is 0 Å². The molecule has 0 bridgehead atoms. The summed E-state index contributed by atoms with van der Waals surface area (Å²) in [6.45, 7) is 3.11. The van der Waals surface area contributed by atoms with Crippen LogP contribution in [0.1, 0.15) is 15.9 Å². The zero-order valence-corrected chi connectivity index (χ0v) is 16.0. The summed E-state index contributed by atoms with van der Waals surface area (Å²) >= 11 is 0. The van der Waals surface area contributed by atoms with Crippen molar-refractivity contribution >= 4 is 28.9 Å². The maximum atomic E-state index is 12.4. The number of nitro groups is 1. The summed E-state index contributed by atoms with van der Waals surface area (Å²) in [5.74, 6) is -0.145. The van der Waals surface area contributed by atoms with E-state index in [1.807, 2.05) is 12.1 Å². The summed E-state index contributed by atoms with van der Waals surface area (Å²) in [5.41, 5.74) is 2.78. The molecular formula is C21H23N3O4. The molecule has 28 heavy (non-hydrogen) atoms. The Labute approximate surface area is 164 Å². The predicted octanol–water partition coefficient (Wildman–Crippen LogP) is 3.39. The van der Waals surface area contributed by atoms with Gasteiger partial charge in [-0.1, -0.05) is 12.1 Å². The van der Waals surface area contributed by atoms with Crippen LogP contribution in [-0.4, -0.2) is 51.1 Å². The molecule has 2 aromatic carbocycles. The molecule has 0 amide bonds. The smallest absolute Gasteiger partial charge is 0.293 e. The third kappa shape index (κ3) is 4.55. The zero-order chi connectivity index (χ0) is 20.1. The van der Waals surface area contributed by atoms with E-state index in [1.165, 1.54) is 12.1 Å². The number of carbonyl (C=O) groups excluding carboxylic acids is 1. The third-order valence-corrected chi connectivity index (χ3v) is 4.63. The molecule has 3 rings (SSSR count). The standard InChI is InChI=1S/C21H23N3O4/c1-22(2)19-9-3-16(15-20(19)24(26)27)4-10-21(25)17-5-7-18(8-6-17)23-11-13-28-14-12-23/h3-10,15H,11-14H2,1-2H3. The summed E-state index contributed by atoms with van der Waals surface area (Å²) in [6, 6.07) is 12.4. The van der Waals surface area contributed by atoms with Gasteiger partial charge in [-0.25, -0.2) is 0 Å². The number of carbonyl (C=O) groups is 1. The minimum absolute atomic E-state index is 0.00876. The first kappa shape index (κ1) is 19.6. The molecule has 1 aliphatic rings. The Kier molecular flexibility index (Phi) is 6.06. The molecule has 0 unspecified atom stereocenters. The third-order valence-electron chi connectivity index (χ3n) is 4.63. The molecule has 1 aliphatic heterocycles. The highest BCUT2D eigenvalue weighted by molar-refractivity contribution is 6.07. The SMILES string of the molecule is CN(C)c1ccc(C=CC(=O)c2ccc(N3CCOCC3)cc2)cc1[N+](=O)[O-]. The minimum atomic E-state index is -0.418. The Morgan fingerprint density at radius 3 is 2.43 bits per heavy atom. The quantitative estimate of drug-likeness (QED) is 0.330. The van der Waals surface area contributed by atoms with E-state index >= 15 is 0 Å². The second-order valence-electron chi connectivity index (χ2n) is 6.74. The van der Waals surface area contributed by atoms with Gasteiger partial charge in [0.1, 0.15) is 5.69 Å². The van der Waals surface area contributed by atoms with Crippen LogP contribution in [0, 0.1) is 10.1 Å². The number of rotatable bonds is 6. The summed E-state index contributed by atoms with van der Waals surface area (Å²) in [4.78, 5) is 27.2. The number of morpholine rings is 1. The van der Waals surface area contributed by atoms with Crippen molar-refractivity contribution in [2.45, 2.75) is 0 Å². The van der Waals surface area contributed by atoms with Crippen molar-refractivity contribution < 1.29 is 14.5 Å². The molecular weight excluding hydrogens is 358 g/mol. The number of anilines is 2. The topological polar surface area (TPSA) is 75.9 Å². The normalized spacial score (nSPS) is 14.3. The molecule has 2 aromatic rings. The molecule has 7 nitrogen and oxygen atoms in total. The molecule has 0 radical (unpaired) electrons. The number of nitrogens with zero attached hydrogens (tertiary/aromatic N) is 3. The second kappa shape index (κ2) is 8.67. The average molecular weight is 381 g/mol. The van der Waals surface area contributed by atoms with Gasteiger partial charge in [-0.05, 0) is 42.0 Å². The van der Waals surface area contributed by atoms with Crippen LogP contribution in [0.5, 0.6) is 0 Å². The van der Waals surface area contributed by atoms with Crippen molar-refractivity contribution in [2.24, 2.45) is 0 Å². The number of nitro benzene ring substituents is 1. The molecule has 0 aliphatic carbocycles. The highest BCUT2D eigenvalue weighted by Crippen LogP contribution is 2.28. The number of ketones is 1. The Morgan fingerprint density at radius 1 is 1.14 bits per heavy atom. The van der Waals surface area contributed by atoms with Gasteiger partial charge in [0.25, 0.3) is 5.69 Å². The van der Waals surface area contributed by atoms with Crippen LogP contribution in [0.2, 0.25) is 0 Å². The van der Waals surface area contributed by atoms with Crippen LogP contribution in [0.25, 0.3) is 6.08 Å².